The molecule has 0 aliphatic heterocycles. The van der Waals surface area contributed by atoms with Gasteiger partial charge in [-0.05, 0) is 31.4 Å². The first-order valence-electron chi connectivity index (χ1n) is 5.22. The number of hydrogen-bond donors (Lipinski definition) is 2. The van der Waals surface area contributed by atoms with Gasteiger partial charge in [0, 0.05) is 13.2 Å². The highest BCUT2D eigenvalue weighted by Crippen LogP contribution is 2.32. The Hall–Kier alpha value is -1.78. The number of aryl methyl sites for hydroxylation is 1. The van der Waals surface area contributed by atoms with Gasteiger partial charge in [-0.1, -0.05) is 0 Å². The number of rotatable bonds is 3. The van der Waals surface area contributed by atoms with Gasteiger partial charge in [0.2, 0.25) is 0 Å². The molecule has 0 saturated heterocycles. The largest absolute Gasteiger partial charge is 0.480 e. The molecule has 2 rings (SSSR count). The molecule has 1 heterocycles. The number of carbonyl (C=O) groups is 2. The van der Waals surface area contributed by atoms with Crippen LogP contribution in [-0.2, 0) is 11.8 Å². The van der Waals surface area contributed by atoms with Crippen LogP contribution in [0.15, 0.2) is 18.3 Å². The molecule has 1 amide bonds. The summed E-state index contributed by atoms with van der Waals surface area (Å²) in [5.41, 5.74) is -0.561. The number of carboxylic acids is 1. The van der Waals surface area contributed by atoms with Crippen molar-refractivity contribution in [2.45, 2.75) is 24.8 Å². The minimum atomic E-state index is -1.04. The maximum Gasteiger partial charge on any atom is 0.329 e. The molecule has 86 valence electrons. The number of aromatic nitrogens is 1. The standard InChI is InChI=1S/C11H14N2O3/c1-13-7-2-4-8(13)9(14)12-11(10(15)16)5-3-6-11/h2,4,7H,3,5-6H2,1H3,(H,12,14)(H,15,16). The molecule has 2 N–H and O–H groups in total. The number of nitrogens with one attached hydrogen (secondary N) is 1. The maximum atomic E-state index is 11.8. The molecule has 5 nitrogen and oxygen atoms in total. The number of hydrogen-bond acceptors (Lipinski definition) is 2. The Labute approximate surface area is 93.1 Å². The van der Waals surface area contributed by atoms with Crippen LogP contribution in [0.3, 0.4) is 0 Å². The fourth-order valence-electron chi connectivity index (χ4n) is 1.90. The van der Waals surface area contributed by atoms with Gasteiger partial charge in [0.15, 0.2) is 0 Å². The first kappa shape index (κ1) is 10.7. The third kappa shape index (κ3) is 1.58. The minimum absolute atomic E-state index is 0.324. The number of aliphatic carboxylic acids is 1. The molecule has 1 fully saturated rings. The number of amides is 1. The lowest BCUT2D eigenvalue weighted by molar-refractivity contribution is -0.148. The number of carbonyl (C=O) groups excluding carboxylic acids is 1. The van der Waals surface area contributed by atoms with Gasteiger partial charge >= 0.3 is 5.97 Å². The van der Waals surface area contributed by atoms with Crippen molar-refractivity contribution in [3.8, 4) is 0 Å². The van der Waals surface area contributed by atoms with E-state index in [2.05, 4.69) is 5.32 Å². The molecule has 16 heavy (non-hydrogen) atoms. The monoisotopic (exact) mass is 222 g/mol. The van der Waals surface area contributed by atoms with Crippen LogP contribution in [0.2, 0.25) is 0 Å². The van der Waals surface area contributed by atoms with Crippen molar-refractivity contribution in [1.82, 2.24) is 9.88 Å². The summed E-state index contributed by atoms with van der Waals surface area (Å²) in [5, 5.41) is 11.7. The highest BCUT2D eigenvalue weighted by molar-refractivity contribution is 5.97. The molecule has 0 bridgehead atoms. The van der Waals surface area contributed by atoms with Gasteiger partial charge in [-0.15, -0.1) is 0 Å². The smallest absolute Gasteiger partial charge is 0.329 e. The molecule has 1 aliphatic carbocycles. The van der Waals surface area contributed by atoms with E-state index >= 15 is 0 Å². The van der Waals surface area contributed by atoms with Gasteiger partial charge in [-0.25, -0.2) is 4.79 Å². The predicted octanol–water partition coefficient (Wildman–Crippen LogP) is 0.762. The molecule has 1 aromatic rings. The van der Waals surface area contributed by atoms with Crippen LogP contribution in [0.1, 0.15) is 29.8 Å². The second-order valence-corrected chi connectivity index (χ2v) is 4.20. The minimum Gasteiger partial charge on any atom is -0.480 e. The van der Waals surface area contributed by atoms with Gasteiger partial charge in [-0.3, -0.25) is 4.79 Å². The summed E-state index contributed by atoms with van der Waals surface area (Å²) in [6, 6.07) is 3.42. The van der Waals surface area contributed by atoms with Crippen LogP contribution in [-0.4, -0.2) is 27.1 Å². The fraction of sp³-hybridized carbons (Fsp3) is 0.455. The average molecular weight is 222 g/mol. The molecule has 0 radical (unpaired) electrons. The molecular formula is C11H14N2O3. The second kappa shape index (κ2) is 3.66. The summed E-state index contributed by atoms with van der Waals surface area (Å²) in [4.78, 5) is 22.9. The Morgan fingerprint density at radius 1 is 1.50 bits per heavy atom. The van der Waals surface area contributed by atoms with E-state index in [4.69, 9.17) is 5.11 Å². The van der Waals surface area contributed by atoms with Gasteiger partial charge in [0.05, 0.1) is 0 Å². The fourth-order valence-corrected chi connectivity index (χ4v) is 1.90. The Kier molecular flexibility index (Phi) is 2.46. The van der Waals surface area contributed by atoms with Gasteiger partial charge in [0.25, 0.3) is 5.91 Å². The van der Waals surface area contributed by atoms with E-state index in [1.165, 1.54) is 0 Å². The van der Waals surface area contributed by atoms with Crippen molar-refractivity contribution in [2.75, 3.05) is 0 Å². The molecule has 0 atom stereocenters. The Balaban J connectivity index is 2.13. The SMILES string of the molecule is Cn1cccc1C(=O)NC1(C(=O)O)CCC1. The first-order valence-corrected chi connectivity index (χ1v) is 5.22. The van der Waals surface area contributed by atoms with Crippen molar-refractivity contribution in [3.05, 3.63) is 24.0 Å². The quantitative estimate of drug-likeness (QED) is 0.793. The molecule has 1 aliphatic rings. The van der Waals surface area contributed by atoms with Crippen LogP contribution >= 0.6 is 0 Å². The molecule has 0 aromatic carbocycles. The third-order valence-corrected chi connectivity index (χ3v) is 3.15. The summed E-state index contributed by atoms with van der Waals surface area (Å²) in [7, 11) is 1.75. The molecule has 1 saturated carbocycles. The van der Waals surface area contributed by atoms with E-state index in [0.717, 1.165) is 6.42 Å². The van der Waals surface area contributed by atoms with Crippen LogP contribution in [0.25, 0.3) is 0 Å². The normalized spacial score (nSPS) is 17.6. The Morgan fingerprint density at radius 3 is 2.56 bits per heavy atom. The zero-order chi connectivity index (χ0) is 11.8. The molecule has 0 unspecified atom stereocenters. The predicted molar refractivity (Wildman–Crippen MR) is 57.1 cm³/mol. The van der Waals surface area contributed by atoms with E-state index in [1.54, 1.807) is 29.9 Å². The Morgan fingerprint density at radius 2 is 2.19 bits per heavy atom. The molecule has 5 heteroatoms. The molecule has 0 spiro atoms. The van der Waals surface area contributed by atoms with Crippen molar-refractivity contribution < 1.29 is 14.7 Å². The van der Waals surface area contributed by atoms with Gasteiger partial charge in [0.1, 0.15) is 11.2 Å². The van der Waals surface area contributed by atoms with Crippen molar-refractivity contribution in [1.29, 1.82) is 0 Å². The van der Waals surface area contributed by atoms with Crippen LogP contribution in [0.4, 0.5) is 0 Å². The third-order valence-electron chi connectivity index (χ3n) is 3.15. The highest BCUT2D eigenvalue weighted by Gasteiger charge is 2.45. The molecule has 1 aromatic heterocycles. The van der Waals surface area contributed by atoms with E-state index in [0.29, 0.717) is 18.5 Å². The summed E-state index contributed by atoms with van der Waals surface area (Å²) >= 11 is 0. The van der Waals surface area contributed by atoms with Crippen molar-refractivity contribution >= 4 is 11.9 Å². The van der Waals surface area contributed by atoms with Crippen LogP contribution in [0, 0.1) is 0 Å². The van der Waals surface area contributed by atoms with E-state index < -0.39 is 11.5 Å². The topological polar surface area (TPSA) is 71.3 Å². The maximum absolute atomic E-state index is 11.8. The summed E-state index contributed by atoms with van der Waals surface area (Å²) in [5.74, 6) is -1.27. The summed E-state index contributed by atoms with van der Waals surface area (Å²) in [6.45, 7) is 0. The van der Waals surface area contributed by atoms with E-state index in [-0.39, 0.29) is 5.91 Å². The second-order valence-electron chi connectivity index (χ2n) is 4.20. The van der Waals surface area contributed by atoms with Gasteiger partial charge in [-0.2, -0.15) is 0 Å². The zero-order valence-electron chi connectivity index (χ0n) is 9.06. The number of carboxylic acid groups (broad SMARTS) is 1. The summed E-state index contributed by atoms with van der Waals surface area (Å²) < 4.78 is 1.67. The lowest BCUT2D eigenvalue weighted by Crippen LogP contribution is -2.59. The average Bonchev–Trinajstić information content (AvgIpc) is 2.57. The molecular weight excluding hydrogens is 208 g/mol. The zero-order valence-corrected chi connectivity index (χ0v) is 9.06. The lowest BCUT2D eigenvalue weighted by Gasteiger charge is -2.38. The number of nitrogens with zero attached hydrogens (tertiary/aromatic N) is 1. The summed E-state index contributed by atoms with van der Waals surface area (Å²) in [6.07, 6.45) is 3.62. The lowest BCUT2D eigenvalue weighted by atomic mass is 9.76. The highest BCUT2D eigenvalue weighted by atomic mass is 16.4. The van der Waals surface area contributed by atoms with E-state index in [9.17, 15) is 9.59 Å². The van der Waals surface area contributed by atoms with E-state index in [1.807, 2.05) is 0 Å². The first-order chi connectivity index (χ1) is 7.55. The van der Waals surface area contributed by atoms with Crippen molar-refractivity contribution in [3.63, 3.8) is 0 Å². The van der Waals surface area contributed by atoms with Crippen LogP contribution in [0.5, 0.6) is 0 Å². The van der Waals surface area contributed by atoms with Crippen LogP contribution < -0.4 is 5.32 Å². The van der Waals surface area contributed by atoms with Gasteiger partial charge < -0.3 is 15.0 Å². The Bertz CT molecular complexity index is 432. The van der Waals surface area contributed by atoms with Crippen molar-refractivity contribution in [2.24, 2.45) is 7.05 Å².